The van der Waals surface area contributed by atoms with E-state index in [9.17, 15) is 26.4 Å². The van der Waals surface area contributed by atoms with Crippen molar-refractivity contribution in [2.24, 2.45) is 0 Å². The molecule has 4 rings (SSSR count). The van der Waals surface area contributed by atoms with E-state index in [1.165, 1.54) is 24.3 Å². The molecule has 0 unspecified atom stereocenters. The Labute approximate surface area is 305 Å². The van der Waals surface area contributed by atoms with Crippen LogP contribution in [-0.4, -0.2) is 62.4 Å². The number of amides is 2. The van der Waals surface area contributed by atoms with Gasteiger partial charge < -0.3 is 18.9 Å². The molecular weight excluding hydrogens is 709 g/mol. The van der Waals surface area contributed by atoms with Gasteiger partial charge in [0.05, 0.1) is 16.4 Å². The molecule has 0 aliphatic carbocycles. The van der Waals surface area contributed by atoms with E-state index in [1.54, 1.807) is 31.4 Å². The first-order chi connectivity index (χ1) is 24.5. The highest BCUT2D eigenvalue weighted by Gasteiger charge is 2.27. The van der Waals surface area contributed by atoms with E-state index < -0.39 is 37.5 Å². The summed E-state index contributed by atoms with van der Waals surface area (Å²) in [7, 11) is -6.59. The van der Waals surface area contributed by atoms with Crippen molar-refractivity contribution >= 4 is 32.0 Å². The van der Waals surface area contributed by atoms with Crippen LogP contribution in [0.3, 0.4) is 0 Å². The van der Waals surface area contributed by atoms with Crippen LogP contribution in [0, 0.1) is 0 Å². The third-order valence-electron chi connectivity index (χ3n) is 8.56. The van der Waals surface area contributed by atoms with Crippen molar-refractivity contribution in [2.45, 2.75) is 55.2 Å². The third-order valence-corrected chi connectivity index (χ3v) is 11.3. The van der Waals surface area contributed by atoms with Crippen molar-refractivity contribution in [3.8, 4) is 11.5 Å². The molecule has 52 heavy (non-hydrogen) atoms. The van der Waals surface area contributed by atoms with E-state index >= 15 is 0 Å². The van der Waals surface area contributed by atoms with Crippen LogP contribution in [0.15, 0.2) is 107 Å². The van der Waals surface area contributed by atoms with E-state index in [-0.39, 0.29) is 28.4 Å². The Kier molecular flexibility index (Phi) is 12.7. The van der Waals surface area contributed by atoms with Gasteiger partial charge in [-0.3, -0.25) is 4.79 Å². The molecule has 4 aromatic carbocycles. The summed E-state index contributed by atoms with van der Waals surface area (Å²) in [4.78, 5) is 23.4. The molecule has 14 heteroatoms. The minimum Gasteiger partial charge on any atom is -0.491 e. The number of ether oxygens (including phenoxy) is 4. The molecule has 4 aromatic rings. The lowest BCUT2D eigenvalue weighted by Crippen LogP contribution is -2.32. The maximum atomic E-state index is 12.9. The topological polar surface area (TPSA) is 163 Å². The lowest BCUT2D eigenvalue weighted by atomic mass is 9.78. The number of sulfonamides is 2. The van der Waals surface area contributed by atoms with Crippen LogP contribution in [0.5, 0.6) is 11.5 Å². The van der Waals surface area contributed by atoms with Crippen molar-refractivity contribution in [3.05, 3.63) is 119 Å². The Bertz CT molecular complexity index is 2040. The van der Waals surface area contributed by atoms with Gasteiger partial charge in [0.25, 0.3) is 20.0 Å². The van der Waals surface area contributed by atoms with Gasteiger partial charge in [-0.25, -0.2) is 31.1 Å². The smallest absolute Gasteiger partial charge is 0.421 e. The minimum absolute atomic E-state index is 0.00463. The van der Waals surface area contributed by atoms with Gasteiger partial charge in [0.15, 0.2) is 0 Å². The monoisotopic (exact) mass is 752 g/mol. The highest BCUT2D eigenvalue weighted by molar-refractivity contribution is 7.90. The van der Waals surface area contributed by atoms with Crippen LogP contribution in [0.4, 0.5) is 4.79 Å². The first-order valence-corrected chi connectivity index (χ1v) is 19.3. The molecule has 2 N–H and O–H groups in total. The van der Waals surface area contributed by atoms with E-state index in [0.29, 0.717) is 19.0 Å². The maximum Gasteiger partial charge on any atom is 0.421 e. The molecule has 0 aromatic heterocycles. The Balaban J connectivity index is 1.27. The average Bonchev–Trinajstić information content (AvgIpc) is 3.10. The zero-order valence-electron chi connectivity index (χ0n) is 30.0. The highest BCUT2D eigenvalue weighted by atomic mass is 32.2. The van der Waals surface area contributed by atoms with E-state index in [0.717, 1.165) is 34.9 Å². The summed E-state index contributed by atoms with van der Waals surface area (Å²) in [5.74, 6) is 0.638. The fourth-order valence-electron chi connectivity index (χ4n) is 5.35. The Morgan fingerprint density at radius 3 is 1.25 bits per heavy atom. The van der Waals surface area contributed by atoms with Gasteiger partial charge in [-0.1, -0.05) is 76.2 Å². The van der Waals surface area contributed by atoms with Crippen molar-refractivity contribution < 1.29 is 45.4 Å². The molecule has 0 aliphatic rings. The second-order valence-corrected chi connectivity index (χ2v) is 16.3. The molecule has 0 atom stereocenters. The number of carbonyl (C=O) groups excluding carboxylic acids is 2. The summed E-state index contributed by atoms with van der Waals surface area (Å²) < 4.78 is 75.6. The highest BCUT2D eigenvalue weighted by Crippen LogP contribution is 2.34. The predicted octanol–water partition coefficient (Wildman–Crippen LogP) is 5.68. The number of hydrogen-bond acceptors (Lipinski definition) is 10. The number of carbonyl (C=O) groups is 2. The number of rotatable bonds is 16. The standard InChI is InChI=1S/C38H44N2O10S2/c1-27(41)39-51(43,44)34-19-11-30(12-20-34)38(4,5)31-13-21-35(22-14-31)52(45,46)40-36(42)50-26-25-49-33-17-9-29(10-18-33)37(2,3)28-7-15-32(16-8-28)48-24-23-47-6/h7-22H,23-26H2,1-6H3,(H,39,41)(H,40,42). The second kappa shape index (κ2) is 16.6. The summed E-state index contributed by atoms with van der Waals surface area (Å²) in [6, 6.07) is 27.5. The summed E-state index contributed by atoms with van der Waals surface area (Å²) in [5.41, 5.74) is 2.73. The van der Waals surface area contributed by atoms with Crippen molar-refractivity contribution in [3.63, 3.8) is 0 Å². The van der Waals surface area contributed by atoms with Crippen LogP contribution in [0.25, 0.3) is 0 Å². The number of hydrogen-bond donors (Lipinski definition) is 2. The van der Waals surface area contributed by atoms with Crippen molar-refractivity contribution in [1.29, 1.82) is 0 Å². The van der Waals surface area contributed by atoms with Gasteiger partial charge in [-0.05, 0) is 70.8 Å². The van der Waals surface area contributed by atoms with Gasteiger partial charge in [0.1, 0.15) is 31.3 Å². The molecule has 278 valence electrons. The molecule has 0 heterocycles. The van der Waals surface area contributed by atoms with Crippen LogP contribution >= 0.6 is 0 Å². The normalized spacial score (nSPS) is 12.1. The van der Waals surface area contributed by atoms with E-state index in [2.05, 4.69) is 13.8 Å². The van der Waals surface area contributed by atoms with Crippen molar-refractivity contribution in [1.82, 2.24) is 9.44 Å². The van der Waals surface area contributed by atoms with E-state index in [1.807, 2.05) is 71.8 Å². The Hall–Kier alpha value is -4.92. The van der Waals surface area contributed by atoms with Crippen LogP contribution in [-0.2, 0) is 45.1 Å². The fraction of sp³-hybridized carbons (Fsp3) is 0.316. The summed E-state index contributed by atoms with van der Waals surface area (Å²) in [6.07, 6.45) is -1.14. The first kappa shape index (κ1) is 39.9. The maximum absolute atomic E-state index is 12.9. The second-order valence-electron chi connectivity index (χ2n) is 12.9. The zero-order valence-corrected chi connectivity index (χ0v) is 31.6. The summed E-state index contributed by atoms with van der Waals surface area (Å²) in [6.45, 7) is 9.95. The quantitative estimate of drug-likeness (QED) is 0.136. The lowest BCUT2D eigenvalue weighted by Gasteiger charge is -2.26. The Morgan fingerprint density at radius 1 is 0.538 bits per heavy atom. The molecule has 12 nitrogen and oxygen atoms in total. The van der Waals surface area contributed by atoms with E-state index in [4.69, 9.17) is 18.9 Å². The number of nitrogens with one attached hydrogen (secondary N) is 2. The predicted molar refractivity (Wildman–Crippen MR) is 196 cm³/mol. The molecule has 0 saturated carbocycles. The molecular formula is C38H44N2O10S2. The fourth-order valence-corrected chi connectivity index (χ4v) is 7.23. The lowest BCUT2D eigenvalue weighted by molar-refractivity contribution is -0.117. The number of methoxy groups -OCH3 is 1. The van der Waals surface area contributed by atoms with Crippen LogP contribution < -0.4 is 18.9 Å². The third kappa shape index (κ3) is 10.1. The average molecular weight is 753 g/mol. The van der Waals surface area contributed by atoms with Crippen molar-refractivity contribution in [2.75, 3.05) is 33.5 Å². The number of benzene rings is 4. The molecule has 2 amide bonds. The van der Waals surface area contributed by atoms with Crippen LogP contribution in [0.2, 0.25) is 0 Å². The van der Waals surface area contributed by atoms with Gasteiger partial charge >= 0.3 is 6.09 Å². The molecule has 0 radical (unpaired) electrons. The molecule has 0 aliphatic heterocycles. The largest absolute Gasteiger partial charge is 0.491 e. The van der Waals surface area contributed by atoms with Gasteiger partial charge in [-0.2, -0.15) is 0 Å². The van der Waals surface area contributed by atoms with Gasteiger partial charge in [0.2, 0.25) is 5.91 Å². The first-order valence-electron chi connectivity index (χ1n) is 16.4. The SMILES string of the molecule is COCCOc1ccc(C(C)(C)c2ccc(OCCOC(=O)NS(=O)(=O)c3ccc(C(C)(C)c4ccc(S(=O)(=O)NC(C)=O)cc4)cc3)cc2)cc1. The summed E-state index contributed by atoms with van der Waals surface area (Å²) in [5, 5.41) is 0. The Morgan fingerprint density at radius 2 is 0.885 bits per heavy atom. The van der Waals surface area contributed by atoms with Gasteiger partial charge in [0, 0.05) is 24.9 Å². The molecule has 0 bridgehead atoms. The van der Waals surface area contributed by atoms with Gasteiger partial charge in [-0.15, -0.1) is 0 Å². The zero-order chi connectivity index (χ0) is 38.2. The minimum atomic E-state index is -4.24. The molecule has 0 spiro atoms. The molecule has 0 saturated heterocycles. The summed E-state index contributed by atoms with van der Waals surface area (Å²) >= 11 is 0. The molecule has 0 fully saturated rings. The van der Waals surface area contributed by atoms with Crippen LogP contribution in [0.1, 0.15) is 56.9 Å².